The first-order chi connectivity index (χ1) is 13.0. The summed E-state index contributed by atoms with van der Waals surface area (Å²) in [5.74, 6) is 1.16. The van der Waals surface area contributed by atoms with Gasteiger partial charge in [-0.2, -0.15) is 0 Å². The van der Waals surface area contributed by atoms with E-state index >= 15 is 0 Å². The van der Waals surface area contributed by atoms with Gasteiger partial charge in [-0.3, -0.25) is 9.79 Å². The van der Waals surface area contributed by atoms with Crippen molar-refractivity contribution in [3.05, 3.63) is 57.8 Å². The van der Waals surface area contributed by atoms with Crippen LogP contribution in [0.5, 0.6) is 0 Å². The van der Waals surface area contributed by atoms with Gasteiger partial charge in [0.05, 0.1) is 0 Å². The number of aliphatic imine (C=N–C) groups is 1. The van der Waals surface area contributed by atoms with Crippen LogP contribution in [0.25, 0.3) is 0 Å². The molecule has 0 saturated carbocycles. The number of nitrogens with zero attached hydrogens (tertiary/aromatic N) is 1. The van der Waals surface area contributed by atoms with E-state index in [1.54, 1.807) is 18.4 Å². The summed E-state index contributed by atoms with van der Waals surface area (Å²) in [6, 6.07) is 12.1. The summed E-state index contributed by atoms with van der Waals surface area (Å²) >= 11 is 1.77. The first kappa shape index (κ1) is 24.4. The number of hydrogen-bond acceptors (Lipinski definition) is 3. The Labute approximate surface area is 189 Å². The normalized spacial score (nSPS) is 13.2. The molecule has 7 heteroatoms. The van der Waals surface area contributed by atoms with Crippen LogP contribution in [0.3, 0.4) is 0 Å². The zero-order chi connectivity index (χ0) is 19.6. The number of benzene rings is 1. The van der Waals surface area contributed by atoms with Crippen LogP contribution >= 0.6 is 35.3 Å². The SMILES string of the molecule is CCC(C)NC(=O)c1cccc(CNC(=NC)NCC(C)c2cccs2)c1.I. The predicted molar refractivity (Wildman–Crippen MR) is 130 cm³/mol. The number of carbonyl (C=O) groups is 1. The van der Waals surface area contributed by atoms with Crippen LogP contribution in [0.2, 0.25) is 0 Å². The molecule has 1 aromatic heterocycles. The van der Waals surface area contributed by atoms with Crippen LogP contribution in [0.4, 0.5) is 0 Å². The van der Waals surface area contributed by atoms with Crippen LogP contribution in [-0.2, 0) is 6.54 Å². The van der Waals surface area contributed by atoms with Crippen molar-refractivity contribution in [2.45, 2.75) is 45.7 Å². The number of thiophene rings is 1. The molecular formula is C21H31IN4OS. The second-order valence-corrected chi connectivity index (χ2v) is 7.69. The van der Waals surface area contributed by atoms with Gasteiger partial charge in [-0.05, 0) is 42.5 Å². The lowest BCUT2D eigenvalue weighted by molar-refractivity contribution is 0.0939. The molecule has 154 valence electrons. The first-order valence-electron chi connectivity index (χ1n) is 9.41. The Morgan fingerprint density at radius 2 is 1.96 bits per heavy atom. The molecule has 2 aromatic rings. The van der Waals surface area contributed by atoms with Crippen molar-refractivity contribution in [2.75, 3.05) is 13.6 Å². The Morgan fingerprint density at radius 3 is 2.61 bits per heavy atom. The van der Waals surface area contributed by atoms with E-state index in [0.717, 1.165) is 24.5 Å². The smallest absolute Gasteiger partial charge is 0.251 e. The molecule has 28 heavy (non-hydrogen) atoms. The number of halogens is 1. The van der Waals surface area contributed by atoms with Gasteiger partial charge in [0.2, 0.25) is 0 Å². The first-order valence-corrected chi connectivity index (χ1v) is 10.3. The van der Waals surface area contributed by atoms with Gasteiger partial charge < -0.3 is 16.0 Å². The fourth-order valence-electron chi connectivity index (χ4n) is 2.56. The molecule has 3 N–H and O–H groups in total. The average molecular weight is 514 g/mol. The number of hydrogen-bond donors (Lipinski definition) is 3. The van der Waals surface area contributed by atoms with Crippen LogP contribution in [0.15, 0.2) is 46.8 Å². The lowest BCUT2D eigenvalue weighted by Crippen LogP contribution is -2.38. The van der Waals surface area contributed by atoms with Crippen LogP contribution in [-0.4, -0.2) is 31.5 Å². The van der Waals surface area contributed by atoms with Crippen LogP contribution in [0.1, 0.15) is 53.9 Å². The molecule has 0 spiro atoms. The lowest BCUT2D eigenvalue weighted by Gasteiger charge is -2.16. The van der Waals surface area contributed by atoms with Crippen molar-refractivity contribution in [1.29, 1.82) is 0 Å². The molecule has 2 unspecified atom stereocenters. The average Bonchev–Trinajstić information content (AvgIpc) is 3.23. The van der Waals surface area contributed by atoms with Crippen molar-refractivity contribution in [3.8, 4) is 0 Å². The van der Waals surface area contributed by atoms with Crippen molar-refractivity contribution in [1.82, 2.24) is 16.0 Å². The summed E-state index contributed by atoms with van der Waals surface area (Å²) in [7, 11) is 1.77. The molecule has 0 radical (unpaired) electrons. The molecule has 2 rings (SSSR count). The van der Waals surface area contributed by atoms with Crippen LogP contribution < -0.4 is 16.0 Å². The Balaban J connectivity index is 0.00000392. The molecule has 0 bridgehead atoms. The molecule has 0 saturated heterocycles. The minimum Gasteiger partial charge on any atom is -0.356 e. The van der Waals surface area contributed by atoms with E-state index in [1.807, 2.05) is 31.2 Å². The third-order valence-corrected chi connectivity index (χ3v) is 5.57. The second-order valence-electron chi connectivity index (χ2n) is 6.71. The van der Waals surface area contributed by atoms with Crippen molar-refractivity contribution >= 4 is 47.2 Å². The van der Waals surface area contributed by atoms with E-state index in [-0.39, 0.29) is 35.9 Å². The highest BCUT2D eigenvalue weighted by molar-refractivity contribution is 14.0. The minimum atomic E-state index is -0.0292. The number of guanidine groups is 1. The van der Waals surface area contributed by atoms with Gasteiger partial charge in [0, 0.05) is 42.5 Å². The molecule has 0 aliphatic rings. The highest BCUT2D eigenvalue weighted by atomic mass is 127. The minimum absolute atomic E-state index is 0. The third-order valence-electron chi connectivity index (χ3n) is 4.47. The summed E-state index contributed by atoms with van der Waals surface area (Å²) < 4.78 is 0. The zero-order valence-electron chi connectivity index (χ0n) is 17.0. The topological polar surface area (TPSA) is 65.5 Å². The third kappa shape index (κ3) is 7.79. The number of rotatable bonds is 8. The largest absolute Gasteiger partial charge is 0.356 e. The molecular weight excluding hydrogens is 483 g/mol. The summed E-state index contributed by atoms with van der Waals surface area (Å²) in [6.07, 6.45) is 0.916. The maximum Gasteiger partial charge on any atom is 0.251 e. The van der Waals surface area contributed by atoms with Crippen molar-refractivity contribution < 1.29 is 4.79 Å². The Kier molecular flexibility index (Phi) is 11.1. The summed E-state index contributed by atoms with van der Waals surface area (Å²) in [5.41, 5.74) is 1.73. The van der Waals surface area contributed by atoms with E-state index in [0.29, 0.717) is 18.0 Å². The van der Waals surface area contributed by atoms with Gasteiger partial charge in [0.1, 0.15) is 0 Å². The van der Waals surface area contributed by atoms with Gasteiger partial charge in [-0.1, -0.05) is 32.0 Å². The Morgan fingerprint density at radius 1 is 1.18 bits per heavy atom. The summed E-state index contributed by atoms with van der Waals surface area (Å²) in [4.78, 5) is 17.9. The molecule has 5 nitrogen and oxygen atoms in total. The fraction of sp³-hybridized carbons (Fsp3) is 0.429. The lowest BCUT2D eigenvalue weighted by atomic mass is 10.1. The van der Waals surface area contributed by atoms with Gasteiger partial charge in [-0.15, -0.1) is 35.3 Å². The Hall–Kier alpha value is -1.61. The summed E-state index contributed by atoms with van der Waals surface area (Å²) in [5, 5.41) is 11.8. The maximum absolute atomic E-state index is 12.3. The molecule has 0 aliphatic carbocycles. The molecule has 0 aliphatic heterocycles. The monoisotopic (exact) mass is 514 g/mol. The van der Waals surface area contributed by atoms with Crippen molar-refractivity contribution in [2.24, 2.45) is 4.99 Å². The van der Waals surface area contributed by atoms with E-state index in [4.69, 9.17) is 0 Å². The zero-order valence-corrected chi connectivity index (χ0v) is 20.1. The van der Waals surface area contributed by atoms with Crippen LogP contribution in [0, 0.1) is 0 Å². The van der Waals surface area contributed by atoms with Gasteiger partial charge in [-0.25, -0.2) is 0 Å². The highest BCUT2D eigenvalue weighted by Crippen LogP contribution is 2.19. The summed E-state index contributed by atoms with van der Waals surface area (Å²) in [6.45, 7) is 7.69. The number of amides is 1. The van der Waals surface area contributed by atoms with Gasteiger partial charge >= 0.3 is 0 Å². The molecule has 1 heterocycles. The van der Waals surface area contributed by atoms with Gasteiger partial charge in [0.15, 0.2) is 5.96 Å². The van der Waals surface area contributed by atoms with Gasteiger partial charge in [0.25, 0.3) is 5.91 Å². The number of carbonyl (C=O) groups excluding carboxylic acids is 1. The maximum atomic E-state index is 12.3. The van der Waals surface area contributed by atoms with E-state index in [9.17, 15) is 4.79 Å². The molecule has 1 aromatic carbocycles. The van der Waals surface area contributed by atoms with E-state index in [1.165, 1.54) is 4.88 Å². The predicted octanol–water partition coefficient (Wildman–Crippen LogP) is 4.36. The van der Waals surface area contributed by atoms with E-state index < -0.39 is 0 Å². The van der Waals surface area contributed by atoms with E-state index in [2.05, 4.69) is 52.3 Å². The molecule has 0 fully saturated rings. The quantitative estimate of drug-likeness (QED) is 0.279. The highest BCUT2D eigenvalue weighted by Gasteiger charge is 2.10. The van der Waals surface area contributed by atoms with Crippen molar-refractivity contribution in [3.63, 3.8) is 0 Å². The number of nitrogens with one attached hydrogen (secondary N) is 3. The standard InChI is InChI=1S/C21H30N4OS.HI/c1-5-16(3)25-20(26)18-9-6-8-17(12-18)14-24-21(22-4)23-13-15(2)19-10-7-11-27-19;/h6-12,15-16H,5,13-14H2,1-4H3,(H,25,26)(H2,22,23,24);1H. The molecule has 2 atom stereocenters. The molecule has 1 amide bonds. The second kappa shape index (κ2) is 12.8. The fourth-order valence-corrected chi connectivity index (χ4v) is 3.35. The Bertz CT molecular complexity index is 749.